The van der Waals surface area contributed by atoms with Crippen molar-refractivity contribution in [1.29, 1.82) is 0 Å². The molecule has 0 radical (unpaired) electrons. The Morgan fingerprint density at radius 3 is 2.00 bits per heavy atom. The summed E-state index contributed by atoms with van der Waals surface area (Å²) in [5.74, 6) is -0.315. The molecule has 0 aliphatic rings. The summed E-state index contributed by atoms with van der Waals surface area (Å²) >= 11 is 2.97. The van der Waals surface area contributed by atoms with Crippen molar-refractivity contribution in [1.82, 2.24) is 0 Å². The molecule has 0 nitrogen and oxygen atoms in total. The van der Waals surface area contributed by atoms with Crippen molar-refractivity contribution in [2.45, 2.75) is 19.5 Å². The maximum atomic E-state index is 11.5. The van der Waals surface area contributed by atoms with Gasteiger partial charge in [0.1, 0.15) is 0 Å². The first-order valence-corrected chi connectivity index (χ1v) is 3.70. The molecular weight excluding hydrogens is 197 g/mol. The number of alkyl halides is 4. The zero-order valence-electron chi connectivity index (χ0n) is 5.00. The largest absolute Gasteiger partial charge is 0.389 e. The van der Waals surface area contributed by atoms with Gasteiger partial charge >= 0.3 is 6.18 Å². The van der Waals surface area contributed by atoms with Crippen LogP contribution in [0, 0.1) is 5.92 Å². The van der Waals surface area contributed by atoms with Gasteiger partial charge in [-0.3, -0.25) is 0 Å². The molecule has 1 atom stereocenters. The lowest BCUT2D eigenvalue weighted by Crippen LogP contribution is -2.13. The standard InChI is InChI=1S/C5H8BrF3/c1-4(3-6)2-5(7,8)9/h4H,2-3H2,1H3/t4-/m0/s1. The van der Waals surface area contributed by atoms with Crippen molar-refractivity contribution >= 4 is 15.9 Å². The fourth-order valence-corrected chi connectivity index (χ4v) is 0.679. The van der Waals surface area contributed by atoms with Gasteiger partial charge in [-0.25, -0.2) is 0 Å². The van der Waals surface area contributed by atoms with E-state index in [1.807, 2.05) is 0 Å². The van der Waals surface area contributed by atoms with Gasteiger partial charge in [0.05, 0.1) is 0 Å². The van der Waals surface area contributed by atoms with Crippen molar-refractivity contribution in [3.63, 3.8) is 0 Å². The summed E-state index contributed by atoms with van der Waals surface area (Å²) < 4.78 is 34.4. The molecule has 0 saturated heterocycles. The maximum absolute atomic E-state index is 11.5. The average Bonchev–Trinajstić information content (AvgIpc) is 1.62. The van der Waals surface area contributed by atoms with Crippen molar-refractivity contribution in [2.75, 3.05) is 5.33 Å². The molecule has 0 spiro atoms. The molecule has 9 heavy (non-hydrogen) atoms. The summed E-state index contributed by atoms with van der Waals surface area (Å²) in [6, 6.07) is 0. The van der Waals surface area contributed by atoms with Crippen LogP contribution in [0.5, 0.6) is 0 Å². The zero-order chi connectivity index (χ0) is 7.49. The average molecular weight is 205 g/mol. The molecule has 0 aromatic heterocycles. The maximum Gasteiger partial charge on any atom is 0.389 e. The molecule has 0 bridgehead atoms. The van der Waals surface area contributed by atoms with Gasteiger partial charge in [-0.2, -0.15) is 13.2 Å². The predicted molar refractivity (Wildman–Crippen MR) is 33.6 cm³/mol. The normalized spacial score (nSPS) is 15.7. The summed E-state index contributed by atoms with van der Waals surface area (Å²) in [7, 11) is 0. The van der Waals surface area contributed by atoms with Crippen LogP contribution in [0.3, 0.4) is 0 Å². The minimum Gasteiger partial charge on any atom is -0.171 e. The smallest absolute Gasteiger partial charge is 0.171 e. The Hall–Kier alpha value is 0.270. The second-order valence-electron chi connectivity index (χ2n) is 2.08. The van der Waals surface area contributed by atoms with Crippen molar-refractivity contribution in [2.24, 2.45) is 5.92 Å². The second-order valence-corrected chi connectivity index (χ2v) is 2.73. The molecule has 0 rings (SSSR count). The second kappa shape index (κ2) is 3.44. The van der Waals surface area contributed by atoms with Crippen LogP contribution in [-0.2, 0) is 0 Å². The molecule has 0 amide bonds. The molecule has 56 valence electrons. The van der Waals surface area contributed by atoms with E-state index in [4.69, 9.17) is 0 Å². The number of halogens is 4. The predicted octanol–water partition coefficient (Wildman–Crippen LogP) is 2.97. The summed E-state index contributed by atoms with van der Waals surface area (Å²) in [6.45, 7) is 1.56. The van der Waals surface area contributed by atoms with Crippen LogP contribution < -0.4 is 0 Å². The van der Waals surface area contributed by atoms with E-state index in [-0.39, 0.29) is 5.92 Å². The number of hydrogen-bond acceptors (Lipinski definition) is 0. The molecule has 0 fully saturated rings. The Bertz CT molecular complexity index is 78.8. The summed E-state index contributed by atoms with van der Waals surface area (Å²) in [5, 5.41) is 0.409. The van der Waals surface area contributed by atoms with Crippen LogP contribution in [0.15, 0.2) is 0 Å². The zero-order valence-corrected chi connectivity index (χ0v) is 6.59. The molecule has 0 aromatic rings. The molecule has 0 aliphatic carbocycles. The molecule has 0 N–H and O–H groups in total. The monoisotopic (exact) mass is 204 g/mol. The highest BCUT2D eigenvalue weighted by Gasteiger charge is 2.29. The van der Waals surface area contributed by atoms with Crippen LogP contribution in [0.1, 0.15) is 13.3 Å². The van der Waals surface area contributed by atoms with E-state index in [1.54, 1.807) is 6.92 Å². The van der Waals surface area contributed by atoms with Crippen LogP contribution in [-0.4, -0.2) is 11.5 Å². The quantitative estimate of drug-likeness (QED) is 0.608. The van der Waals surface area contributed by atoms with Gasteiger partial charge in [-0.1, -0.05) is 22.9 Å². The van der Waals surface area contributed by atoms with Crippen LogP contribution >= 0.6 is 15.9 Å². The third kappa shape index (κ3) is 6.15. The molecule has 0 aromatic carbocycles. The van der Waals surface area contributed by atoms with Crippen molar-refractivity contribution in [3.8, 4) is 0 Å². The number of rotatable bonds is 2. The first-order valence-electron chi connectivity index (χ1n) is 2.58. The minimum absolute atomic E-state index is 0.315. The van der Waals surface area contributed by atoms with Crippen LogP contribution in [0.25, 0.3) is 0 Å². The Balaban J connectivity index is 3.47. The van der Waals surface area contributed by atoms with E-state index < -0.39 is 12.6 Å². The molecule has 4 heteroatoms. The van der Waals surface area contributed by atoms with E-state index >= 15 is 0 Å². The van der Waals surface area contributed by atoms with Crippen LogP contribution in [0.2, 0.25) is 0 Å². The lowest BCUT2D eigenvalue weighted by Gasteiger charge is -2.09. The Morgan fingerprint density at radius 1 is 1.44 bits per heavy atom. The lowest BCUT2D eigenvalue weighted by atomic mass is 10.1. The molecular formula is C5H8BrF3. The molecule has 0 saturated carbocycles. The van der Waals surface area contributed by atoms with Gasteiger partial charge in [0, 0.05) is 11.8 Å². The van der Waals surface area contributed by atoms with Gasteiger partial charge in [0.25, 0.3) is 0 Å². The Morgan fingerprint density at radius 2 is 1.89 bits per heavy atom. The van der Waals surface area contributed by atoms with E-state index in [0.29, 0.717) is 5.33 Å². The minimum atomic E-state index is -4.01. The SMILES string of the molecule is C[C@H](CBr)CC(F)(F)F. The topological polar surface area (TPSA) is 0 Å². The van der Waals surface area contributed by atoms with E-state index in [0.717, 1.165) is 0 Å². The molecule has 0 unspecified atom stereocenters. The van der Waals surface area contributed by atoms with E-state index in [9.17, 15) is 13.2 Å². The van der Waals surface area contributed by atoms with Crippen molar-refractivity contribution in [3.05, 3.63) is 0 Å². The van der Waals surface area contributed by atoms with E-state index in [2.05, 4.69) is 15.9 Å². The Kier molecular flexibility index (Phi) is 3.54. The fraction of sp³-hybridized carbons (Fsp3) is 1.00. The van der Waals surface area contributed by atoms with Gasteiger partial charge in [0.15, 0.2) is 0 Å². The third-order valence-electron chi connectivity index (χ3n) is 0.843. The summed E-state index contributed by atoms with van der Waals surface area (Å²) in [5.41, 5.74) is 0. The van der Waals surface area contributed by atoms with E-state index in [1.165, 1.54) is 0 Å². The number of hydrogen-bond donors (Lipinski definition) is 0. The lowest BCUT2D eigenvalue weighted by molar-refractivity contribution is -0.141. The van der Waals surface area contributed by atoms with Crippen molar-refractivity contribution < 1.29 is 13.2 Å². The molecule has 0 aliphatic heterocycles. The highest BCUT2D eigenvalue weighted by Crippen LogP contribution is 2.25. The first-order chi connectivity index (χ1) is 3.95. The van der Waals surface area contributed by atoms with Gasteiger partial charge in [0.2, 0.25) is 0 Å². The van der Waals surface area contributed by atoms with Gasteiger partial charge < -0.3 is 0 Å². The third-order valence-corrected chi connectivity index (χ3v) is 1.95. The van der Waals surface area contributed by atoms with Crippen LogP contribution in [0.4, 0.5) is 13.2 Å². The van der Waals surface area contributed by atoms with Gasteiger partial charge in [-0.15, -0.1) is 0 Å². The summed E-state index contributed by atoms with van der Waals surface area (Å²) in [6.07, 6.45) is -4.70. The molecule has 0 heterocycles. The highest BCUT2D eigenvalue weighted by molar-refractivity contribution is 9.09. The first kappa shape index (κ1) is 9.27. The Labute approximate surface area is 60.6 Å². The fourth-order valence-electron chi connectivity index (χ4n) is 0.450. The highest BCUT2D eigenvalue weighted by atomic mass is 79.9. The summed E-state index contributed by atoms with van der Waals surface area (Å²) in [4.78, 5) is 0. The van der Waals surface area contributed by atoms with Gasteiger partial charge in [-0.05, 0) is 5.92 Å².